The predicted octanol–water partition coefficient (Wildman–Crippen LogP) is 0.0793. The van der Waals surface area contributed by atoms with Crippen LogP contribution in [0.2, 0.25) is 0 Å². The van der Waals surface area contributed by atoms with Crippen LogP contribution in [0.5, 0.6) is 0 Å². The third kappa shape index (κ3) is 2.39. The smallest absolute Gasteiger partial charge is 0.327 e. The molecular weight excluding hydrogens is 296 g/mol. The minimum atomic E-state index is -3.86. The number of para-hydroxylation sites is 1. The molecule has 0 bridgehead atoms. The van der Waals surface area contributed by atoms with E-state index in [0.717, 1.165) is 9.87 Å². The van der Waals surface area contributed by atoms with Crippen molar-refractivity contribution in [2.24, 2.45) is 0 Å². The van der Waals surface area contributed by atoms with Crippen LogP contribution in [-0.2, 0) is 26.2 Å². The molecule has 7 nitrogen and oxygen atoms in total. The van der Waals surface area contributed by atoms with Gasteiger partial charge < -0.3 is 9.84 Å². The van der Waals surface area contributed by atoms with E-state index in [4.69, 9.17) is 4.74 Å². The Labute approximate surface area is 122 Å². The number of fused-ring (bicyclic) bond motifs is 1. The fourth-order valence-corrected chi connectivity index (χ4v) is 4.50. The molecule has 0 amide bonds. The van der Waals surface area contributed by atoms with Crippen molar-refractivity contribution >= 4 is 21.9 Å². The van der Waals surface area contributed by atoms with Crippen molar-refractivity contribution in [2.75, 3.05) is 30.6 Å². The maximum Gasteiger partial charge on any atom is 0.327 e. The van der Waals surface area contributed by atoms with Crippen molar-refractivity contribution in [3.8, 4) is 0 Å². The van der Waals surface area contributed by atoms with E-state index in [9.17, 15) is 18.3 Å². The zero-order valence-electron chi connectivity index (χ0n) is 11.3. The number of hydrogen-bond donors (Lipinski definition) is 1. The first kappa shape index (κ1) is 14.3. The summed E-state index contributed by atoms with van der Waals surface area (Å²) in [5.41, 5.74) is 1.19. The zero-order chi connectivity index (χ0) is 15.0. The number of rotatable bonds is 3. The van der Waals surface area contributed by atoms with Gasteiger partial charge in [-0.15, -0.1) is 0 Å². The molecule has 8 heteroatoms. The Morgan fingerprint density at radius 3 is 2.57 bits per heavy atom. The van der Waals surface area contributed by atoms with E-state index in [2.05, 4.69) is 0 Å². The molecule has 0 saturated carbocycles. The van der Waals surface area contributed by atoms with Gasteiger partial charge in [-0.3, -0.25) is 0 Å². The molecule has 1 atom stereocenters. The quantitative estimate of drug-likeness (QED) is 0.854. The number of hydrogen-bond acceptors (Lipinski definition) is 4. The van der Waals surface area contributed by atoms with Gasteiger partial charge in [0.1, 0.15) is 6.04 Å². The maximum atomic E-state index is 12.8. The molecule has 2 aliphatic heterocycles. The predicted molar refractivity (Wildman–Crippen MR) is 75.4 cm³/mol. The Balaban J connectivity index is 2.02. The highest BCUT2D eigenvalue weighted by Crippen LogP contribution is 2.35. The van der Waals surface area contributed by atoms with Crippen molar-refractivity contribution in [1.82, 2.24) is 4.31 Å². The standard InChI is InChI=1S/C13H16N2O5S/c16-13(17)12-9-10-3-1-2-4-11(10)15(12)21(18,19)14-5-7-20-8-6-14/h1-4,12H,5-9H2,(H,16,17)/t12-/m0/s1. The number of carboxylic acids is 1. The molecule has 0 unspecified atom stereocenters. The Hall–Kier alpha value is -1.64. The molecule has 0 spiro atoms. The van der Waals surface area contributed by atoms with Crippen LogP contribution in [0.3, 0.4) is 0 Å². The van der Waals surface area contributed by atoms with Gasteiger partial charge in [-0.1, -0.05) is 18.2 Å². The third-order valence-corrected chi connectivity index (χ3v) is 5.72. The van der Waals surface area contributed by atoms with E-state index in [0.29, 0.717) is 18.9 Å². The van der Waals surface area contributed by atoms with Crippen LogP contribution in [0.4, 0.5) is 5.69 Å². The summed E-state index contributed by atoms with van der Waals surface area (Å²) in [6.45, 7) is 1.14. The van der Waals surface area contributed by atoms with Crippen molar-refractivity contribution in [1.29, 1.82) is 0 Å². The van der Waals surface area contributed by atoms with Crippen LogP contribution in [0.25, 0.3) is 0 Å². The number of nitrogens with zero attached hydrogens (tertiary/aromatic N) is 2. The van der Waals surface area contributed by atoms with Crippen molar-refractivity contribution in [3.05, 3.63) is 29.8 Å². The van der Waals surface area contributed by atoms with Crippen molar-refractivity contribution in [2.45, 2.75) is 12.5 Å². The number of benzene rings is 1. The van der Waals surface area contributed by atoms with Crippen molar-refractivity contribution in [3.63, 3.8) is 0 Å². The van der Waals surface area contributed by atoms with E-state index >= 15 is 0 Å². The number of anilines is 1. The fraction of sp³-hybridized carbons (Fsp3) is 0.462. The second-order valence-electron chi connectivity index (χ2n) is 5.00. The van der Waals surface area contributed by atoms with Gasteiger partial charge in [0, 0.05) is 19.5 Å². The van der Waals surface area contributed by atoms with Gasteiger partial charge in [-0.2, -0.15) is 12.7 Å². The highest BCUT2D eigenvalue weighted by Gasteiger charge is 2.44. The van der Waals surface area contributed by atoms with Gasteiger partial charge in [0.05, 0.1) is 18.9 Å². The topological polar surface area (TPSA) is 87.2 Å². The lowest BCUT2D eigenvalue weighted by molar-refractivity contribution is -0.138. The van der Waals surface area contributed by atoms with Crippen LogP contribution in [0.15, 0.2) is 24.3 Å². The molecule has 0 aliphatic carbocycles. The van der Waals surface area contributed by atoms with Crippen LogP contribution in [0.1, 0.15) is 5.56 Å². The van der Waals surface area contributed by atoms with E-state index in [1.165, 1.54) is 4.31 Å². The Morgan fingerprint density at radius 2 is 1.90 bits per heavy atom. The maximum absolute atomic E-state index is 12.8. The second-order valence-corrected chi connectivity index (χ2v) is 6.81. The molecule has 1 N–H and O–H groups in total. The molecule has 0 aromatic heterocycles. The van der Waals surface area contributed by atoms with Crippen LogP contribution in [0, 0.1) is 0 Å². The summed E-state index contributed by atoms with van der Waals surface area (Å²) in [5.74, 6) is -1.14. The summed E-state index contributed by atoms with van der Waals surface area (Å²) in [5, 5.41) is 9.37. The van der Waals surface area contributed by atoms with Crippen LogP contribution >= 0.6 is 0 Å². The lowest BCUT2D eigenvalue weighted by Crippen LogP contribution is -2.52. The average Bonchev–Trinajstić information content (AvgIpc) is 2.88. The average molecular weight is 312 g/mol. The van der Waals surface area contributed by atoms with E-state index in [-0.39, 0.29) is 19.5 Å². The summed E-state index contributed by atoms with van der Waals surface area (Å²) in [6.07, 6.45) is 0.190. The molecule has 2 heterocycles. The fourth-order valence-electron chi connectivity index (χ4n) is 2.73. The molecule has 3 rings (SSSR count). The molecular formula is C13H16N2O5S. The minimum absolute atomic E-state index is 0.190. The van der Waals surface area contributed by atoms with Crippen molar-refractivity contribution < 1.29 is 23.1 Å². The molecule has 1 aromatic carbocycles. The number of morpholine rings is 1. The Kier molecular flexibility index (Phi) is 3.60. The summed E-state index contributed by atoms with van der Waals surface area (Å²) in [7, 11) is -3.86. The first-order valence-electron chi connectivity index (χ1n) is 6.70. The first-order chi connectivity index (χ1) is 10.0. The number of carbonyl (C=O) groups is 1. The summed E-state index contributed by atoms with van der Waals surface area (Å²) in [4.78, 5) is 11.5. The molecule has 1 aromatic rings. The lowest BCUT2D eigenvalue weighted by Gasteiger charge is -2.33. The molecule has 0 radical (unpaired) electrons. The molecule has 1 saturated heterocycles. The van der Waals surface area contributed by atoms with Gasteiger partial charge in [0.2, 0.25) is 0 Å². The molecule has 114 valence electrons. The SMILES string of the molecule is O=C(O)[C@@H]1Cc2ccccc2N1S(=O)(=O)N1CCOCC1. The molecule has 2 aliphatic rings. The second kappa shape index (κ2) is 5.28. The van der Waals surface area contributed by atoms with Crippen LogP contribution in [-0.4, -0.2) is 56.1 Å². The van der Waals surface area contributed by atoms with E-state index in [1.807, 2.05) is 0 Å². The van der Waals surface area contributed by atoms with Gasteiger partial charge >= 0.3 is 16.2 Å². The summed E-state index contributed by atoms with van der Waals surface area (Å²) in [6, 6.07) is 5.82. The Morgan fingerprint density at radius 1 is 1.24 bits per heavy atom. The zero-order valence-corrected chi connectivity index (χ0v) is 12.1. The number of aliphatic carboxylic acids is 1. The normalized spacial score (nSPS) is 23.0. The van der Waals surface area contributed by atoms with Gasteiger partial charge in [0.15, 0.2) is 0 Å². The minimum Gasteiger partial charge on any atom is -0.480 e. The lowest BCUT2D eigenvalue weighted by atomic mass is 10.1. The first-order valence-corrected chi connectivity index (χ1v) is 8.09. The highest BCUT2D eigenvalue weighted by atomic mass is 32.2. The van der Waals surface area contributed by atoms with Crippen LogP contribution < -0.4 is 4.31 Å². The van der Waals surface area contributed by atoms with E-state index < -0.39 is 22.2 Å². The third-order valence-electron chi connectivity index (χ3n) is 3.76. The van der Waals surface area contributed by atoms with E-state index in [1.54, 1.807) is 24.3 Å². The monoisotopic (exact) mass is 312 g/mol. The number of carboxylic acid groups (broad SMARTS) is 1. The Bertz CT molecular complexity index is 654. The van der Waals surface area contributed by atoms with Gasteiger partial charge in [-0.25, -0.2) is 9.10 Å². The highest BCUT2D eigenvalue weighted by molar-refractivity contribution is 7.90. The molecule has 1 fully saturated rings. The van der Waals surface area contributed by atoms with Gasteiger partial charge in [0.25, 0.3) is 0 Å². The number of ether oxygens (including phenoxy) is 1. The summed E-state index contributed by atoms with van der Waals surface area (Å²) < 4.78 is 33.1. The summed E-state index contributed by atoms with van der Waals surface area (Å²) >= 11 is 0. The molecule has 21 heavy (non-hydrogen) atoms. The van der Waals surface area contributed by atoms with Gasteiger partial charge in [-0.05, 0) is 11.6 Å². The largest absolute Gasteiger partial charge is 0.480 e.